The number of methoxy groups -OCH3 is 4. The summed E-state index contributed by atoms with van der Waals surface area (Å²) >= 11 is 2.72. The van der Waals surface area contributed by atoms with Crippen molar-refractivity contribution in [3.63, 3.8) is 0 Å². The van der Waals surface area contributed by atoms with Crippen LogP contribution < -0.4 is 29.1 Å². The van der Waals surface area contributed by atoms with Gasteiger partial charge < -0.3 is 18.9 Å². The largest absolute Gasteiger partial charge is 0.493 e. The van der Waals surface area contributed by atoms with Crippen LogP contribution in [0.4, 0.5) is 0 Å². The van der Waals surface area contributed by atoms with E-state index in [1.54, 1.807) is 29.7 Å². The highest BCUT2D eigenvalue weighted by atomic mass is 32.1. The third kappa shape index (κ3) is 3.96. The molecule has 0 spiro atoms. The second-order valence-corrected chi connectivity index (χ2v) is 9.04. The van der Waals surface area contributed by atoms with E-state index in [0.29, 0.717) is 43.4 Å². The zero-order chi connectivity index (χ0) is 23.7. The van der Waals surface area contributed by atoms with E-state index in [-0.39, 0.29) is 5.56 Å². The molecule has 1 unspecified atom stereocenters. The van der Waals surface area contributed by atoms with Crippen LogP contribution in [0, 0.1) is 0 Å². The van der Waals surface area contributed by atoms with Crippen LogP contribution in [-0.2, 0) is 9.53 Å². The van der Waals surface area contributed by atoms with E-state index < -0.39 is 12.0 Å². The van der Waals surface area contributed by atoms with Crippen molar-refractivity contribution in [2.75, 3.05) is 28.4 Å². The van der Waals surface area contributed by atoms with Crippen molar-refractivity contribution in [2.45, 2.75) is 13.0 Å². The Morgan fingerprint density at radius 1 is 1.12 bits per heavy atom. The molecule has 1 aliphatic heterocycles. The van der Waals surface area contributed by atoms with Crippen LogP contribution in [0.25, 0.3) is 6.08 Å². The molecule has 2 aromatic heterocycles. The number of carbonyl (C=O) groups excluding carboxylic acids is 1. The maximum absolute atomic E-state index is 13.5. The zero-order valence-corrected chi connectivity index (χ0v) is 20.3. The lowest BCUT2D eigenvalue weighted by atomic mass is 10.0. The normalized spacial score (nSPS) is 15.7. The number of ether oxygens (including phenoxy) is 4. The van der Waals surface area contributed by atoms with Gasteiger partial charge >= 0.3 is 5.97 Å². The molecule has 172 valence electrons. The number of benzene rings is 1. The first kappa shape index (κ1) is 22.8. The van der Waals surface area contributed by atoms with Gasteiger partial charge in [-0.05, 0) is 42.1 Å². The van der Waals surface area contributed by atoms with E-state index in [1.807, 2.05) is 17.5 Å². The number of allylic oxidation sites excluding steroid dienone is 1. The van der Waals surface area contributed by atoms with Crippen LogP contribution in [0.5, 0.6) is 17.2 Å². The molecule has 1 aliphatic rings. The van der Waals surface area contributed by atoms with Crippen molar-refractivity contribution in [3.05, 3.63) is 71.0 Å². The smallest absolute Gasteiger partial charge is 0.338 e. The number of esters is 1. The lowest BCUT2D eigenvalue weighted by Gasteiger charge is -2.22. The molecule has 4 rings (SSSR count). The van der Waals surface area contributed by atoms with Gasteiger partial charge in [0.1, 0.15) is 6.04 Å². The minimum absolute atomic E-state index is 0.250. The first-order valence-electron chi connectivity index (χ1n) is 9.87. The van der Waals surface area contributed by atoms with Gasteiger partial charge in [0.25, 0.3) is 5.56 Å². The molecule has 3 heterocycles. The molecule has 0 saturated carbocycles. The number of thiazole rings is 1. The van der Waals surface area contributed by atoms with Gasteiger partial charge in [-0.3, -0.25) is 9.36 Å². The highest BCUT2D eigenvalue weighted by molar-refractivity contribution is 7.10. The quantitative estimate of drug-likeness (QED) is 0.498. The predicted molar refractivity (Wildman–Crippen MR) is 126 cm³/mol. The van der Waals surface area contributed by atoms with Gasteiger partial charge in [-0.15, -0.1) is 11.3 Å². The van der Waals surface area contributed by atoms with Crippen LogP contribution in [0.3, 0.4) is 0 Å². The number of hydrogen-bond acceptors (Lipinski definition) is 9. The van der Waals surface area contributed by atoms with E-state index in [4.69, 9.17) is 18.9 Å². The van der Waals surface area contributed by atoms with Gasteiger partial charge in [0.05, 0.1) is 44.2 Å². The Hall–Kier alpha value is -3.37. The van der Waals surface area contributed by atoms with E-state index >= 15 is 0 Å². The molecule has 0 N–H and O–H groups in total. The van der Waals surface area contributed by atoms with Gasteiger partial charge in [0, 0.05) is 4.88 Å². The van der Waals surface area contributed by atoms with Crippen LogP contribution >= 0.6 is 22.7 Å². The monoisotopic (exact) mass is 486 g/mol. The van der Waals surface area contributed by atoms with Crippen molar-refractivity contribution in [2.24, 2.45) is 4.99 Å². The van der Waals surface area contributed by atoms with Crippen LogP contribution in [0.1, 0.15) is 23.4 Å². The van der Waals surface area contributed by atoms with Crippen LogP contribution in [-0.4, -0.2) is 39.0 Å². The summed E-state index contributed by atoms with van der Waals surface area (Å²) in [6, 6.07) is 6.71. The summed E-state index contributed by atoms with van der Waals surface area (Å²) in [4.78, 5) is 32.1. The molecule has 1 atom stereocenters. The fraction of sp³-hybridized carbons (Fsp3) is 0.261. The van der Waals surface area contributed by atoms with E-state index in [2.05, 4.69) is 4.99 Å². The SMILES string of the molecule is COC(=O)C1=C(C)N=c2s/c(=C\c3cc(OC)c(OC)c(OC)c3)c(=O)n2C1c1cccs1. The lowest BCUT2D eigenvalue weighted by Crippen LogP contribution is -2.39. The Morgan fingerprint density at radius 3 is 2.36 bits per heavy atom. The summed E-state index contributed by atoms with van der Waals surface area (Å²) < 4.78 is 23.2. The number of carbonyl (C=O) groups is 1. The third-order valence-electron chi connectivity index (χ3n) is 5.22. The number of aromatic nitrogens is 1. The Balaban J connectivity index is 1.94. The molecular weight excluding hydrogens is 464 g/mol. The summed E-state index contributed by atoms with van der Waals surface area (Å²) in [5, 5.41) is 1.91. The van der Waals surface area contributed by atoms with Crippen molar-refractivity contribution in [3.8, 4) is 17.2 Å². The Bertz CT molecular complexity index is 1390. The third-order valence-corrected chi connectivity index (χ3v) is 7.13. The fourth-order valence-electron chi connectivity index (χ4n) is 3.74. The van der Waals surface area contributed by atoms with Crippen molar-refractivity contribution in [1.82, 2.24) is 4.57 Å². The topological polar surface area (TPSA) is 88.4 Å². The van der Waals surface area contributed by atoms with Gasteiger partial charge in [0.2, 0.25) is 5.75 Å². The predicted octanol–water partition coefficient (Wildman–Crippen LogP) is 2.50. The van der Waals surface area contributed by atoms with E-state index in [9.17, 15) is 9.59 Å². The van der Waals surface area contributed by atoms with Gasteiger partial charge in [-0.2, -0.15) is 0 Å². The minimum atomic E-state index is -0.601. The van der Waals surface area contributed by atoms with E-state index in [1.165, 1.54) is 51.1 Å². The Labute approximate surface area is 197 Å². The van der Waals surface area contributed by atoms with E-state index in [0.717, 1.165) is 4.88 Å². The number of nitrogens with zero attached hydrogens (tertiary/aromatic N) is 2. The maximum Gasteiger partial charge on any atom is 0.338 e. The standard InChI is InChI=1S/C23H22N2O6S2/c1-12-18(22(27)31-5)19(16-7-6-8-32-16)25-21(26)17(33-23(25)24-12)11-13-9-14(28-2)20(30-4)15(10-13)29-3/h6-11,19H,1-5H3/b17-11-. The molecule has 3 aromatic rings. The number of rotatable bonds is 6. The summed E-state index contributed by atoms with van der Waals surface area (Å²) in [5.74, 6) is 0.926. The lowest BCUT2D eigenvalue weighted by molar-refractivity contribution is -0.136. The second-order valence-electron chi connectivity index (χ2n) is 7.05. The molecule has 0 radical (unpaired) electrons. The molecule has 33 heavy (non-hydrogen) atoms. The summed E-state index contributed by atoms with van der Waals surface area (Å²) in [6.45, 7) is 1.75. The molecule has 0 saturated heterocycles. The molecule has 0 bridgehead atoms. The molecule has 0 fully saturated rings. The van der Waals surface area contributed by atoms with Crippen molar-refractivity contribution < 1.29 is 23.7 Å². The first-order valence-corrected chi connectivity index (χ1v) is 11.6. The Kier molecular flexibility index (Phi) is 6.39. The van der Waals surface area contributed by atoms with Gasteiger partial charge in [-0.1, -0.05) is 17.4 Å². The Morgan fingerprint density at radius 2 is 1.82 bits per heavy atom. The summed E-state index contributed by atoms with van der Waals surface area (Å²) in [7, 11) is 5.92. The highest BCUT2D eigenvalue weighted by Gasteiger charge is 2.33. The number of hydrogen-bond donors (Lipinski definition) is 0. The minimum Gasteiger partial charge on any atom is -0.493 e. The van der Waals surface area contributed by atoms with Crippen molar-refractivity contribution in [1.29, 1.82) is 0 Å². The van der Waals surface area contributed by atoms with Gasteiger partial charge in [0.15, 0.2) is 16.3 Å². The fourth-order valence-corrected chi connectivity index (χ4v) is 5.61. The number of thiophene rings is 1. The highest BCUT2D eigenvalue weighted by Crippen LogP contribution is 2.38. The van der Waals surface area contributed by atoms with Crippen LogP contribution in [0.2, 0.25) is 0 Å². The second kappa shape index (κ2) is 9.24. The average molecular weight is 487 g/mol. The van der Waals surface area contributed by atoms with Crippen molar-refractivity contribution >= 4 is 34.7 Å². The molecular formula is C23H22N2O6S2. The molecule has 8 nitrogen and oxygen atoms in total. The number of fused-ring (bicyclic) bond motifs is 1. The first-order chi connectivity index (χ1) is 15.9. The molecule has 0 aliphatic carbocycles. The molecule has 0 amide bonds. The summed E-state index contributed by atoms with van der Waals surface area (Å²) in [5.41, 5.74) is 1.33. The van der Waals surface area contributed by atoms with Crippen LogP contribution in [0.15, 0.2) is 50.7 Å². The molecule has 1 aromatic carbocycles. The molecule has 10 heteroatoms. The zero-order valence-electron chi connectivity index (χ0n) is 18.7. The summed E-state index contributed by atoms with van der Waals surface area (Å²) in [6.07, 6.45) is 1.75. The maximum atomic E-state index is 13.5. The average Bonchev–Trinajstić information content (AvgIpc) is 3.45. The van der Waals surface area contributed by atoms with Gasteiger partial charge in [-0.25, -0.2) is 9.79 Å².